The lowest BCUT2D eigenvalue weighted by molar-refractivity contribution is 0.184. The predicted octanol–water partition coefficient (Wildman–Crippen LogP) is 1.66. The summed E-state index contributed by atoms with van der Waals surface area (Å²) in [6.07, 6.45) is 1.82. The molecular formula is C11H17NO2. The third-order valence-corrected chi connectivity index (χ3v) is 2.20. The van der Waals surface area contributed by atoms with Gasteiger partial charge >= 0.3 is 0 Å². The van der Waals surface area contributed by atoms with Crippen LogP contribution < -0.4 is 5.56 Å². The number of aryl methyl sites for hydroxylation is 1. The standard InChI is InChI=1S/C11H17NO2/c1-8(2)10-5-9(7-14-4)6-12(3)11(10)13/h5-6,8H,7H2,1-4H3. The minimum atomic E-state index is 0.0832. The third kappa shape index (κ3) is 2.23. The molecule has 1 heterocycles. The molecule has 1 rings (SSSR count). The lowest BCUT2D eigenvalue weighted by Crippen LogP contribution is -2.22. The number of nitrogens with zero attached hydrogens (tertiary/aromatic N) is 1. The Kier molecular flexibility index (Phi) is 3.47. The molecule has 0 spiro atoms. The number of rotatable bonds is 3. The highest BCUT2D eigenvalue weighted by Gasteiger charge is 2.07. The first-order valence-corrected chi connectivity index (χ1v) is 4.74. The Hall–Kier alpha value is -1.09. The van der Waals surface area contributed by atoms with E-state index in [0.717, 1.165) is 11.1 Å². The van der Waals surface area contributed by atoms with E-state index in [1.165, 1.54) is 0 Å². The molecule has 0 saturated heterocycles. The number of hydrogen-bond acceptors (Lipinski definition) is 2. The van der Waals surface area contributed by atoms with E-state index < -0.39 is 0 Å². The van der Waals surface area contributed by atoms with Gasteiger partial charge in [0.05, 0.1) is 6.61 Å². The quantitative estimate of drug-likeness (QED) is 0.734. The molecule has 0 N–H and O–H groups in total. The zero-order valence-electron chi connectivity index (χ0n) is 9.20. The van der Waals surface area contributed by atoms with E-state index in [1.807, 2.05) is 26.1 Å². The molecule has 0 aliphatic rings. The lowest BCUT2D eigenvalue weighted by atomic mass is 10.0. The van der Waals surface area contributed by atoms with Crippen molar-refractivity contribution in [2.24, 2.45) is 7.05 Å². The maximum absolute atomic E-state index is 11.7. The molecule has 0 fully saturated rings. The van der Waals surface area contributed by atoms with E-state index in [2.05, 4.69) is 0 Å². The maximum atomic E-state index is 11.7. The Morgan fingerprint density at radius 2 is 2.14 bits per heavy atom. The van der Waals surface area contributed by atoms with Gasteiger partial charge < -0.3 is 9.30 Å². The van der Waals surface area contributed by atoms with Crippen LogP contribution in [0, 0.1) is 0 Å². The third-order valence-electron chi connectivity index (χ3n) is 2.20. The molecule has 0 aliphatic heterocycles. The average molecular weight is 195 g/mol. The van der Waals surface area contributed by atoms with Crippen molar-refractivity contribution in [1.29, 1.82) is 0 Å². The summed E-state index contributed by atoms with van der Waals surface area (Å²) in [6.45, 7) is 4.59. The molecule has 0 aliphatic carbocycles. The fraction of sp³-hybridized carbons (Fsp3) is 0.545. The van der Waals surface area contributed by atoms with E-state index in [4.69, 9.17) is 4.74 Å². The number of methoxy groups -OCH3 is 1. The predicted molar refractivity (Wildman–Crippen MR) is 56.5 cm³/mol. The molecular weight excluding hydrogens is 178 g/mol. The van der Waals surface area contributed by atoms with Crippen LogP contribution >= 0.6 is 0 Å². The van der Waals surface area contributed by atoms with Crippen molar-refractivity contribution in [3.05, 3.63) is 33.7 Å². The summed E-state index contributed by atoms with van der Waals surface area (Å²) in [5.74, 6) is 0.255. The average Bonchev–Trinajstić information content (AvgIpc) is 2.11. The van der Waals surface area contributed by atoms with Crippen LogP contribution in [-0.4, -0.2) is 11.7 Å². The van der Waals surface area contributed by atoms with Gasteiger partial charge in [0.15, 0.2) is 0 Å². The van der Waals surface area contributed by atoms with Gasteiger partial charge in [-0.05, 0) is 17.5 Å². The van der Waals surface area contributed by atoms with Crippen LogP contribution in [0.15, 0.2) is 17.1 Å². The van der Waals surface area contributed by atoms with Crippen molar-refractivity contribution in [3.8, 4) is 0 Å². The van der Waals surface area contributed by atoms with Crippen molar-refractivity contribution in [2.45, 2.75) is 26.4 Å². The van der Waals surface area contributed by atoms with Crippen LogP contribution in [0.4, 0.5) is 0 Å². The lowest BCUT2D eigenvalue weighted by Gasteiger charge is -2.09. The molecule has 1 aromatic heterocycles. The molecule has 14 heavy (non-hydrogen) atoms. The van der Waals surface area contributed by atoms with Gasteiger partial charge in [-0.3, -0.25) is 4.79 Å². The largest absolute Gasteiger partial charge is 0.380 e. The Labute approximate surface area is 84.3 Å². The first-order valence-electron chi connectivity index (χ1n) is 4.74. The fourth-order valence-electron chi connectivity index (χ4n) is 1.47. The van der Waals surface area contributed by atoms with Gasteiger partial charge in [0.2, 0.25) is 0 Å². The molecule has 0 atom stereocenters. The SMILES string of the molecule is COCc1cc(C(C)C)c(=O)n(C)c1. The van der Waals surface area contributed by atoms with Gasteiger partial charge in [-0.1, -0.05) is 13.8 Å². The summed E-state index contributed by atoms with van der Waals surface area (Å²) in [6, 6.07) is 1.93. The molecule has 0 unspecified atom stereocenters. The van der Waals surface area contributed by atoms with Gasteiger partial charge in [-0.2, -0.15) is 0 Å². The molecule has 0 aromatic carbocycles. The van der Waals surface area contributed by atoms with Crippen molar-refractivity contribution in [1.82, 2.24) is 4.57 Å². The summed E-state index contributed by atoms with van der Waals surface area (Å²) in [7, 11) is 3.42. The number of aromatic nitrogens is 1. The second-order valence-electron chi connectivity index (χ2n) is 3.81. The Bertz CT molecular complexity index is 366. The fourth-order valence-corrected chi connectivity index (χ4v) is 1.47. The summed E-state index contributed by atoms with van der Waals surface area (Å²) in [5.41, 5.74) is 1.97. The zero-order valence-corrected chi connectivity index (χ0v) is 9.20. The van der Waals surface area contributed by atoms with E-state index in [0.29, 0.717) is 6.61 Å². The van der Waals surface area contributed by atoms with E-state index in [-0.39, 0.29) is 11.5 Å². The van der Waals surface area contributed by atoms with Gasteiger partial charge in [0.1, 0.15) is 0 Å². The molecule has 3 heteroatoms. The first-order chi connectivity index (χ1) is 6.56. The van der Waals surface area contributed by atoms with Crippen molar-refractivity contribution in [3.63, 3.8) is 0 Å². The molecule has 0 radical (unpaired) electrons. The minimum Gasteiger partial charge on any atom is -0.380 e. The van der Waals surface area contributed by atoms with E-state index >= 15 is 0 Å². The number of ether oxygens (including phenoxy) is 1. The van der Waals surface area contributed by atoms with Crippen LogP contribution in [0.3, 0.4) is 0 Å². The highest BCUT2D eigenvalue weighted by atomic mass is 16.5. The van der Waals surface area contributed by atoms with Gasteiger partial charge in [-0.15, -0.1) is 0 Å². The Morgan fingerprint density at radius 3 is 2.64 bits per heavy atom. The van der Waals surface area contributed by atoms with Gasteiger partial charge in [-0.25, -0.2) is 0 Å². The molecule has 0 bridgehead atoms. The van der Waals surface area contributed by atoms with Crippen LogP contribution in [0.5, 0.6) is 0 Å². The van der Waals surface area contributed by atoms with Crippen LogP contribution in [0.25, 0.3) is 0 Å². The zero-order chi connectivity index (χ0) is 10.7. The van der Waals surface area contributed by atoms with Crippen molar-refractivity contribution < 1.29 is 4.74 Å². The van der Waals surface area contributed by atoms with Crippen molar-refractivity contribution >= 4 is 0 Å². The van der Waals surface area contributed by atoms with Crippen molar-refractivity contribution in [2.75, 3.05) is 7.11 Å². The number of pyridine rings is 1. The topological polar surface area (TPSA) is 31.2 Å². The molecule has 1 aromatic rings. The van der Waals surface area contributed by atoms with Crippen LogP contribution in [0.2, 0.25) is 0 Å². The highest BCUT2D eigenvalue weighted by molar-refractivity contribution is 5.21. The van der Waals surface area contributed by atoms with Crippen LogP contribution in [0.1, 0.15) is 30.9 Å². The second-order valence-corrected chi connectivity index (χ2v) is 3.81. The molecule has 0 saturated carbocycles. The minimum absolute atomic E-state index is 0.0832. The smallest absolute Gasteiger partial charge is 0.253 e. The molecule has 0 amide bonds. The molecule has 78 valence electrons. The first kappa shape index (κ1) is 11.0. The van der Waals surface area contributed by atoms with E-state index in [9.17, 15) is 4.79 Å². The Morgan fingerprint density at radius 1 is 1.50 bits per heavy atom. The summed E-state index contributed by atoms with van der Waals surface area (Å²) < 4.78 is 6.66. The summed E-state index contributed by atoms with van der Waals surface area (Å²) in [4.78, 5) is 11.7. The summed E-state index contributed by atoms with van der Waals surface area (Å²) >= 11 is 0. The monoisotopic (exact) mass is 195 g/mol. The van der Waals surface area contributed by atoms with Gasteiger partial charge in [0, 0.05) is 25.9 Å². The van der Waals surface area contributed by atoms with Crippen LogP contribution in [-0.2, 0) is 18.4 Å². The van der Waals surface area contributed by atoms with E-state index in [1.54, 1.807) is 18.7 Å². The highest BCUT2D eigenvalue weighted by Crippen LogP contribution is 2.11. The summed E-state index contributed by atoms with van der Waals surface area (Å²) in [5, 5.41) is 0. The Balaban J connectivity index is 3.21. The van der Waals surface area contributed by atoms with Gasteiger partial charge in [0.25, 0.3) is 5.56 Å². The maximum Gasteiger partial charge on any atom is 0.253 e. The second kappa shape index (κ2) is 4.42. The number of hydrogen-bond donors (Lipinski definition) is 0. The normalized spacial score (nSPS) is 10.9. The molecule has 3 nitrogen and oxygen atoms in total.